The van der Waals surface area contributed by atoms with Crippen LogP contribution < -0.4 is 15.5 Å². The van der Waals surface area contributed by atoms with Crippen LogP contribution in [-0.4, -0.2) is 39.5 Å². The molecule has 2 amide bonds. The Hall–Kier alpha value is -2.38. The van der Waals surface area contributed by atoms with E-state index in [1.807, 2.05) is 0 Å². The first-order chi connectivity index (χ1) is 9.06. The van der Waals surface area contributed by atoms with E-state index in [1.54, 1.807) is 0 Å². The van der Waals surface area contributed by atoms with Crippen molar-refractivity contribution >= 4 is 12.0 Å². The van der Waals surface area contributed by atoms with Gasteiger partial charge in [-0.25, -0.2) is 4.79 Å². The summed E-state index contributed by atoms with van der Waals surface area (Å²) in [6, 6.07) is 2.19. The van der Waals surface area contributed by atoms with E-state index in [4.69, 9.17) is 4.84 Å². The Kier molecular flexibility index (Phi) is 3.79. The van der Waals surface area contributed by atoms with Crippen LogP contribution in [0.5, 0.6) is 11.8 Å². The van der Waals surface area contributed by atoms with Crippen LogP contribution in [0.15, 0.2) is 12.1 Å². The first kappa shape index (κ1) is 13.1. The highest BCUT2D eigenvalue weighted by Gasteiger charge is 2.20. The smallest absolute Gasteiger partial charge is 0.432 e. The molecular formula is C11H15N3O5. The second kappa shape index (κ2) is 5.51. The van der Waals surface area contributed by atoms with Gasteiger partial charge in [-0.2, -0.15) is 0 Å². The fraction of sp³-hybridized carbons (Fsp3) is 0.455. The van der Waals surface area contributed by atoms with Crippen molar-refractivity contribution in [1.82, 2.24) is 15.4 Å². The molecule has 1 fully saturated rings. The Bertz CT molecular complexity index is 465. The third kappa shape index (κ3) is 3.30. The Morgan fingerprint density at radius 1 is 1.37 bits per heavy atom. The number of nitrogens with one attached hydrogen (secondary N) is 2. The molecule has 1 saturated heterocycles. The van der Waals surface area contributed by atoms with Gasteiger partial charge in [0.15, 0.2) is 0 Å². The van der Waals surface area contributed by atoms with Gasteiger partial charge in [-0.15, -0.1) is 4.73 Å². The molecule has 0 bridgehead atoms. The number of aromatic hydroxyl groups is 2. The zero-order chi connectivity index (χ0) is 13.8. The normalized spacial score (nSPS) is 19.4. The molecule has 8 heteroatoms. The van der Waals surface area contributed by atoms with Gasteiger partial charge in [-0.3, -0.25) is 4.79 Å². The Morgan fingerprint density at radius 3 is 2.74 bits per heavy atom. The van der Waals surface area contributed by atoms with Gasteiger partial charge in [0.2, 0.25) is 17.7 Å². The molecule has 0 aliphatic carbocycles. The van der Waals surface area contributed by atoms with E-state index >= 15 is 0 Å². The van der Waals surface area contributed by atoms with Crippen LogP contribution in [0.2, 0.25) is 0 Å². The van der Waals surface area contributed by atoms with Gasteiger partial charge in [0.25, 0.3) is 0 Å². The summed E-state index contributed by atoms with van der Waals surface area (Å²) in [5.41, 5.74) is 0. The van der Waals surface area contributed by atoms with Crippen LogP contribution in [0.3, 0.4) is 0 Å². The molecule has 1 atom stereocenters. The minimum Gasteiger partial charge on any atom is -0.492 e. The third-order valence-electron chi connectivity index (χ3n) is 2.83. The van der Waals surface area contributed by atoms with E-state index in [-0.39, 0.29) is 23.7 Å². The highest BCUT2D eigenvalue weighted by atomic mass is 16.7. The van der Waals surface area contributed by atoms with Crippen molar-refractivity contribution in [3.05, 3.63) is 12.1 Å². The van der Waals surface area contributed by atoms with E-state index in [1.165, 1.54) is 12.1 Å². The maximum Gasteiger partial charge on any atom is 0.432 e. The summed E-state index contributed by atoms with van der Waals surface area (Å²) in [5, 5.41) is 23.9. The second-order valence-electron chi connectivity index (χ2n) is 4.24. The molecular weight excluding hydrogens is 254 g/mol. The van der Waals surface area contributed by atoms with Crippen molar-refractivity contribution in [1.29, 1.82) is 0 Å². The lowest BCUT2D eigenvalue weighted by atomic mass is 10.1. The average Bonchev–Trinajstić information content (AvgIpc) is 2.57. The highest BCUT2D eigenvalue weighted by Crippen LogP contribution is 2.18. The Morgan fingerprint density at radius 2 is 2.05 bits per heavy atom. The van der Waals surface area contributed by atoms with E-state index < -0.39 is 6.09 Å². The molecule has 0 aromatic carbocycles. The minimum absolute atomic E-state index is 0.0432. The molecule has 1 aliphatic rings. The lowest BCUT2D eigenvalue weighted by Gasteiger charge is -2.15. The molecule has 1 aliphatic heterocycles. The molecule has 2 rings (SSSR count). The highest BCUT2D eigenvalue weighted by molar-refractivity contribution is 5.76. The van der Waals surface area contributed by atoms with Crippen molar-refractivity contribution in [2.75, 3.05) is 6.54 Å². The third-order valence-corrected chi connectivity index (χ3v) is 2.83. The molecule has 0 saturated carbocycles. The SMILES string of the molecule is O=C1CC[C@H](NC(=O)On2c(O)ccc2O)CCN1. The fourth-order valence-corrected chi connectivity index (χ4v) is 1.84. The summed E-state index contributed by atoms with van der Waals surface area (Å²) in [7, 11) is 0. The number of carbonyl (C=O) groups is 2. The second-order valence-corrected chi connectivity index (χ2v) is 4.24. The van der Waals surface area contributed by atoms with Crippen molar-refractivity contribution in [3.63, 3.8) is 0 Å². The maximum absolute atomic E-state index is 11.6. The first-order valence-electron chi connectivity index (χ1n) is 5.91. The largest absolute Gasteiger partial charge is 0.492 e. The van der Waals surface area contributed by atoms with Crippen LogP contribution >= 0.6 is 0 Å². The zero-order valence-corrected chi connectivity index (χ0v) is 10.1. The number of rotatable bonds is 2. The summed E-state index contributed by atoms with van der Waals surface area (Å²) in [6.07, 6.45) is 0.654. The zero-order valence-electron chi connectivity index (χ0n) is 10.1. The molecule has 0 spiro atoms. The van der Waals surface area contributed by atoms with Crippen LogP contribution in [-0.2, 0) is 4.79 Å². The van der Waals surface area contributed by atoms with E-state index in [2.05, 4.69) is 10.6 Å². The molecule has 4 N–H and O–H groups in total. The average molecular weight is 269 g/mol. The monoisotopic (exact) mass is 269 g/mol. The number of aromatic nitrogens is 1. The van der Waals surface area contributed by atoms with Crippen molar-refractivity contribution in [3.8, 4) is 11.8 Å². The lowest BCUT2D eigenvalue weighted by molar-refractivity contribution is -0.120. The van der Waals surface area contributed by atoms with E-state index in [0.29, 0.717) is 30.5 Å². The van der Waals surface area contributed by atoms with Crippen molar-refractivity contribution < 1.29 is 24.6 Å². The molecule has 1 aromatic heterocycles. The predicted molar refractivity (Wildman–Crippen MR) is 63.5 cm³/mol. The van der Waals surface area contributed by atoms with Crippen LogP contribution in [0.1, 0.15) is 19.3 Å². The van der Waals surface area contributed by atoms with Gasteiger partial charge in [-0.1, -0.05) is 0 Å². The summed E-state index contributed by atoms with van der Waals surface area (Å²) in [6.45, 7) is 0.490. The molecule has 8 nitrogen and oxygen atoms in total. The molecule has 104 valence electrons. The van der Waals surface area contributed by atoms with E-state index in [0.717, 1.165) is 0 Å². The van der Waals surface area contributed by atoms with E-state index in [9.17, 15) is 19.8 Å². The molecule has 1 aromatic rings. The maximum atomic E-state index is 11.6. The summed E-state index contributed by atoms with van der Waals surface area (Å²) >= 11 is 0. The standard InChI is InChI=1S/C11H15N3O5/c15-8-2-1-7(5-6-12-8)13-11(18)19-14-9(16)3-4-10(14)17/h3-4,7,16-17H,1-2,5-6H2,(H,12,15)(H,13,18)/t7-/m0/s1. The van der Waals surface area contributed by atoms with Gasteiger partial charge in [0.1, 0.15) is 0 Å². The summed E-state index contributed by atoms with van der Waals surface area (Å²) in [5.74, 6) is -0.811. The van der Waals surface area contributed by atoms with Crippen LogP contribution in [0.25, 0.3) is 0 Å². The first-order valence-corrected chi connectivity index (χ1v) is 5.91. The van der Waals surface area contributed by atoms with Crippen molar-refractivity contribution in [2.24, 2.45) is 0 Å². The quantitative estimate of drug-likeness (QED) is 0.589. The Labute approximate surface area is 108 Å². The van der Waals surface area contributed by atoms with Gasteiger partial charge in [0.05, 0.1) is 0 Å². The van der Waals surface area contributed by atoms with Crippen molar-refractivity contribution in [2.45, 2.75) is 25.3 Å². The van der Waals surface area contributed by atoms with Gasteiger partial charge in [-0.05, 0) is 12.8 Å². The van der Waals surface area contributed by atoms with Crippen LogP contribution in [0.4, 0.5) is 4.79 Å². The predicted octanol–water partition coefficient (Wildman–Crippen LogP) is -0.294. The van der Waals surface area contributed by atoms with Gasteiger partial charge in [0, 0.05) is 31.1 Å². The molecule has 0 radical (unpaired) electrons. The fourth-order valence-electron chi connectivity index (χ4n) is 1.84. The molecule has 19 heavy (non-hydrogen) atoms. The van der Waals surface area contributed by atoms with Gasteiger partial charge >= 0.3 is 6.09 Å². The Balaban J connectivity index is 1.89. The lowest BCUT2D eigenvalue weighted by Crippen LogP contribution is -2.39. The topological polar surface area (TPSA) is 113 Å². The number of hydrogen-bond acceptors (Lipinski definition) is 5. The molecule has 0 unspecified atom stereocenters. The summed E-state index contributed by atoms with van der Waals surface area (Å²) < 4.78 is 0.607. The summed E-state index contributed by atoms with van der Waals surface area (Å²) in [4.78, 5) is 27.5. The van der Waals surface area contributed by atoms with Gasteiger partial charge < -0.3 is 25.7 Å². The number of amides is 2. The minimum atomic E-state index is -0.804. The number of carbonyl (C=O) groups excluding carboxylic acids is 2. The number of nitrogens with zero attached hydrogens (tertiary/aromatic N) is 1. The molecule has 2 heterocycles. The number of hydrogen-bond donors (Lipinski definition) is 4. The van der Waals surface area contributed by atoms with Crippen LogP contribution in [0, 0.1) is 0 Å².